The van der Waals surface area contributed by atoms with E-state index in [1.165, 1.54) is 0 Å². The van der Waals surface area contributed by atoms with Gasteiger partial charge in [0.15, 0.2) is 0 Å². The molecule has 1 N–H and O–H groups in total. The normalized spacial score (nSPS) is 38.8. The Morgan fingerprint density at radius 3 is 2.37 bits per heavy atom. The molecule has 0 saturated heterocycles. The Morgan fingerprint density at radius 2 is 1.95 bits per heavy atom. The average molecular weight is 267 g/mol. The lowest BCUT2D eigenvalue weighted by Crippen LogP contribution is -2.64. The lowest BCUT2D eigenvalue weighted by atomic mass is 9.44. The fraction of sp³-hybridized carbons (Fsp3) is 0.867. The van der Waals surface area contributed by atoms with Crippen molar-refractivity contribution in [3.05, 3.63) is 0 Å². The highest BCUT2D eigenvalue weighted by Crippen LogP contribution is 2.61. The number of fused-ring (bicyclic) bond motifs is 2. The highest BCUT2D eigenvalue weighted by Gasteiger charge is 2.61. The summed E-state index contributed by atoms with van der Waals surface area (Å²) in [6.45, 7) is 11.6. The van der Waals surface area contributed by atoms with Crippen LogP contribution in [0.5, 0.6) is 0 Å². The van der Waals surface area contributed by atoms with Crippen LogP contribution in [0.3, 0.4) is 0 Å². The molecule has 0 heterocycles. The molecule has 0 aliphatic heterocycles. The van der Waals surface area contributed by atoms with Gasteiger partial charge in [-0.2, -0.15) is 4.99 Å². The lowest BCUT2D eigenvalue weighted by molar-refractivity contribution is -0.134. The summed E-state index contributed by atoms with van der Waals surface area (Å²) in [5.41, 5.74) is -0.822. The molecule has 0 radical (unpaired) electrons. The van der Waals surface area contributed by atoms with Crippen LogP contribution in [0.25, 0.3) is 0 Å². The van der Waals surface area contributed by atoms with Gasteiger partial charge in [0.1, 0.15) is 11.2 Å². The molecule has 19 heavy (non-hydrogen) atoms. The zero-order valence-corrected chi connectivity index (χ0v) is 12.8. The molecule has 4 nitrogen and oxygen atoms in total. The van der Waals surface area contributed by atoms with Crippen LogP contribution < -0.4 is 0 Å². The first kappa shape index (κ1) is 14.5. The van der Waals surface area contributed by atoms with E-state index in [9.17, 15) is 9.90 Å². The third kappa shape index (κ3) is 2.42. The molecule has 3 atom stereocenters. The molecule has 3 rings (SSSR count). The molecule has 4 heteroatoms. The quantitative estimate of drug-likeness (QED) is 0.733. The van der Waals surface area contributed by atoms with Gasteiger partial charge in [0.05, 0.1) is 5.71 Å². The number of rotatable bonds is 0. The molecule has 1 amide bonds. The van der Waals surface area contributed by atoms with Gasteiger partial charge in [0.2, 0.25) is 0 Å². The predicted molar refractivity (Wildman–Crippen MR) is 74.3 cm³/mol. The Hall–Kier alpha value is -0.900. The number of hydrogen-bond donors (Lipinski definition) is 1. The van der Waals surface area contributed by atoms with Crippen molar-refractivity contribution in [3.8, 4) is 0 Å². The van der Waals surface area contributed by atoms with Gasteiger partial charge in [-0.05, 0) is 57.8 Å². The molecule has 0 spiro atoms. The number of carbonyl (C=O) groups excluding carboxylic acids is 1. The highest BCUT2D eigenvalue weighted by atomic mass is 16.6. The summed E-state index contributed by atoms with van der Waals surface area (Å²) in [6.07, 6.45) is 1.12. The Bertz CT molecular complexity index is 429. The number of aliphatic hydroxyl groups is 1. The van der Waals surface area contributed by atoms with Gasteiger partial charge in [-0.3, -0.25) is 0 Å². The van der Waals surface area contributed by atoms with Crippen molar-refractivity contribution < 1.29 is 14.6 Å². The Kier molecular flexibility index (Phi) is 3.09. The van der Waals surface area contributed by atoms with Gasteiger partial charge in [0.25, 0.3) is 0 Å². The van der Waals surface area contributed by atoms with E-state index in [2.05, 4.69) is 18.8 Å². The second-order valence-electron chi connectivity index (χ2n) is 7.70. The number of hydrogen-bond acceptors (Lipinski definition) is 3. The monoisotopic (exact) mass is 267 g/mol. The average Bonchev–Trinajstić information content (AvgIpc) is 2.16. The fourth-order valence-corrected chi connectivity index (χ4v) is 3.51. The number of carbonyl (C=O) groups is 1. The van der Waals surface area contributed by atoms with Gasteiger partial charge in [-0.15, -0.1) is 0 Å². The molecule has 0 aromatic heterocycles. The van der Waals surface area contributed by atoms with E-state index in [1.807, 2.05) is 20.8 Å². The molecule has 3 unspecified atom stereocenters. The molecule has 2 bridgehead atoms. The summed E-state index contributed by atoms with van der Waals surface area (Å²) in [5.74, 6) is 0.693. The van der Waals surface area contributed by atoms with Gasteiger partial charge < -0.3 is 9.84 Å². The van der Waals surface area contributed by atoms with E-state index in [-0.39, 0.29) is 11.3 Å². The maximum absolute atomic E-state index is 11.8. The Balaban J connectivity index is 2.17. The summed E-state index contributed by atoms with van der Waals surface area (Å²) in [5, 5.41) is 10.7. The van der Waals surface area contributed by atoms with Crippen molar-refractivity contribution in [2.45, 2.75) is 65.6 Å². The topological polar surface area (TPSA) is 58.9 Å². The first-order valence-corrected chi connectivity index (χ1v) is 6.98. The highest BCUT2D eigenvalue weighted by molar-refractivity contribution is 6.00. The SMILES string of the molecule is CC(C)(C)OC(=O)/N=C1/CC2CC(C1(C)O)C2(C)C. The maximum atomic E-state index is 11.8. The van der Waals surface area contributed by atoms with Gasteiger partial charge in [-0.25, -0.2) is 4.79 Å². The van der Waals surface area contributed by atoms with Crippen molar-refractivity contribution in [3.63, 3.8) is 0 Å². The first-order valence-electron chi connectivity index (χ1n) is 6.98. The smallest absolute Gasteiger partial charge is 0.434 e. The largest absolute Gasteiger partial charge is 0.442 e. The third-order valence-electron chi connectivity index (χ3n) is 4.79. The summed E-state index contributed by atoms with van der Waals surface area (Å²) in [7, 11) is 0. The van der Waals surface area contributed by atoms with Crippen LogP contribution in [0.2, 0.25) is 0 Å². The Labute approximate surface area is 115 Å². The summed E-state index contributed by atoms with van der Waals surface area (Å²) < 4.78 is 5.20. The van der Waals surface area contributed by atoms with Crippen LogP contribution in [0.1, 0.15) is 54.4 Å². The molecule has 3 aliphatic carbocycles. The third-order valence-corrected chi connectivity index (χ3v) is 4.79. The standard InChI is InChI=1S/C15H25NO3/c1-13(2,3)19-12(17)16-11-8-9-7-10(14(9,4)5)15(11,6)18/h9-10,18H,7-8H2,1-6H3/b16-11-. The second-order valence-corrected chi connectivity index (χ2v) is 7.70. The van der Waals surface area contributed by atoms with Crippen molar-refractivity contribution in [2.24, 2.45) is 22.2 Å². The van der Waals surface area contributed by atoms with Crippen molar-refractivity contribution >= 4 is 11.8 Å². The van der Waals surface area contributed by atoms with E-state index in [0.717, 1.165) is 6.42 Å². The minimum absolute atomic E-state index is 0.135. The van der Waals surface area contributed by atoms with Crippen LogP contribution in [0.15, 0.2) is 4.99 Å². The van der Waals surface area contributed by atoms with Crippen LogP contribution in [-0.2, 0) is 4.74 Å². The predicted octanol–water partition coefficient (Wildman–Crippen LogP) is 3.18. The molecular formula is C15H25NO3. The summed E-state index contributed by atoms with van der Waals surface area (Å²) >= 11 is 0. The molecule has 0 aromatic rings. The molecular weight excluding hydrogens is 242 g/mol. The fourth-order valence-electron chi connectivity index (χ4n) is 3.51. The van der Waals surface area contributed by atoms with E-state index >= 15 is 0 Å². The van der Waals surface area contributed by atoms with Gasteiger partial charge in [0, 0.05) is 0 Å². The number of ether oxygens (including phenoxy) is 1. The van der Waals surface area contributed by atoms with Crippen molar-refractivity contribution in [1.29, 1.82) is 0 Å². The molecule has 3 fully saturated rings. The minimum Gasteiger partial charge on any atom is -0.442 e. The van der Waals surface area contributed by atoms with Crippen LogP contribution in [0, 0.1) is 17.3 Å². The molecule has 0 aromatic carbocycles. The minimum atomic E-state index is -0.991. The summed E-state index contributed by atoms with van der Waals surface area (Å²) in [6, 6.07) is 0. The van der Waals surface area contributed by atoms with Crippen LogP contribution in [0.4, 0.5) is 4.79 Å². The summed E-state index contributed by atoms with van der Waals surface area (Å²) in [4.78, 5) is 15.8. The zero-order chi connectivity index (χ0) is 14.6. The van der Waals surface area contributed by atoms with E-state index in [1.54, 1.807) is 6.92 Å². The second kappa shape index (κ2) is 4.05. The molecule has 3 aliphatic rings. The van der Waals surface area contributed by atoms with Crippen LogP contribution >= 0.6 is 0 Å². The van der Waals surface area contributed by atoms with E-state index in [0.29, 0.717) is 18.1 Å². The first-order chi connectivity index (χ1) is 8.44. The maximum Gasteiger partial charge on any atom is 0.434 e. The number of amides is 1. The zero-order valence-electron chi connectivity index (χ0n) is 12.8. The van der Waals surface area contributed by atoms with Gasteiger partial charge >= 0.3 is 6.09 Å². The van der Waals surface area contributed by atoms with E-state index < -0.39 is 17.3 Å². The van der Waals surface area contributed by atoms with Crippen molar-refractivity contribution in [1.82, 2.24) is 0 Å². The van der Waals surface area contributed by atoms with Crippen molar-refractivity contribution in [2.75, 3.05) is 0 Å². The Morgan fingerprint density at radius 1 is 1.37 bits per heavy atom. The molecule has 3 saturated carbocycles. The van der Waals surface area contributed by atoms with E-state index in [4.69, 9.17) is 4.74 Å². The number of aliphatic imine (C=N–C) groups is 1. The van der Waals surface area contributed by atoms with Crippen LogP contribution in [-0.4, -0.2) is 28.1 Å². The molecule has 108 valence electrons. The van der Waals surface area contributed by atoms with Gasteiger partial charge in [-0.1, -0.05) is 13.8 Å². The number of nitrogens with zero attached hydrogens (tertiary/aromatic N) is 1. The lowest BCUT2D eigenvalue weighted by Gasteiger charge is -2.62.